The van der Waals surface area contributed by atoms with E-state index in [-0.39, 0.29) is 18.5 Å². The molecule has 1 saturated heterocycles. The van der Waals surface area contributed by atoms with Crippen LogP contribution < -0.4 is 4.72 Å². The summed E-state index contributed by atoms with van der Waals surface area (Å²) in [6.45, 7) is 2.99. The summed E-state index contributed by atoms with van der Waals surface area (Å²) in [5, 5.41) is 28.2. The molecule has 39 heavy (non-hydrogen) atoms. The van der Waals surface area contributed by atoms with Crippen LogP contribution in [-0.2, 0) is 30.7 Å². The second-order valence-corrected chi connectivity index (χ2v) is 12.4. The van der Waals surface area contributed by atoms with Gasteiger partial charge in [-0.1, -0.05) is 52.4 Å². The summed E-state index contributed by atoms with van der Waals surface area (Å²) in [5.41, 5.74) is -0.917. The lowest BCUT2D eigenvalue weighted by molar-refractivity contribution is -0.171. The minimum absolute atomic E-state index is 0.00190. The highest BCUT2D eigenvalue weighted by Gasteiger charge is 2.57. The van der Waals surface area contributed by atoms with E-state index >= 15 is 0 Å². The van der Waals surface area contributed by atoms with Crippen LogP contribution in [0.15, 0.2) is 29.8 Å². The number of hydrogen-bond acceptors (Lipinski definition) is 7. The van der Waals surface area contributed by atoms with E-state index in [1.807, 2.05) is 0 Å². The van der Waals surface area contributed by atoms with E-state index in [0.717, 1.165) is 31.8 Å². The van der Waals surface area contributed by atoms with E-state index in [2.05, 4.69) is 11.6 Å². The number of hydrogen-bond donors (Lipinski definition) is 4. The normalized spacial score (nSPS) is 27.1. The molecule has 1 heterocycles. The van der Waals surface area contributed by atoms with Crippen molar-refractivity contribution in [3.8, 4) is 0 Å². The van der Waals surface area contributed by atoms with Gasteiger partial charge >= 0.3 is 5.97 Å². The molecule has 0 bridgehead atoms. The third-order valence-corrected chi connectivity index (χ3v) is 9.55. The van der Waals surface area contributed by atoms with Crippen molar-refractivity contribution in [1.82, 2.24) is 0 Å². The molecule has 1 aliphatic carbocycles. The Kier molecular flexibility index (Phi) is 10.9. The number of ether oxygens (including phenoxy) is 2. The minimum Gasteiger partial charge on any atom is -0.478 e. The van der Waals surface area contributed by atoms with E-state index < -0.39 is 63.3 Å². The number of carboxylic acid groups (broad SMARTS) is 1. The number of sulfonamides is 1. The van der Waals surface area contributed by atoms with E-state index in [0.29, 0.717) is 18.4 Å². The van der Waals surface area contributed by atoms with Crippen molar-refractivity contribution >= 4 is 21.7 Å². The molecule has 3 rings (SSSR count). The first-order valence-corrected chi connectivity index (χ1v) is 15.5. The van der Waals surface area contributed by atoms with Crippen LogP contribution in [0.5, 0.6) is 0 Å². The van der Waals surface area contributed by atoms with Crippen molar-refractivity contribution < 1.29 is 42.4 Å². The number of anilines is 1. The Hall–Kier alpha value is -2.05. The van der Waals surface area contributed by atoms with E-state index in [4.69, 9.17) is 9.47 Å². The summed E-state index contributed by atoms with van der Waals surface area (Å²) >= 11 is 0. The van der Waals surface area contributed by atoms with Gasteiger partial charge in [0, 0.05) is 6.42 Å². The second kappa shape index (κ2) is 13.5. The topological polar surface area (TPSA) is 142 Å². The van der Waals surface area contributed by atoms with E-state index in [1.165, 1.54) is 37.5 Å². The quantitative estimate of drug-likeness (QED) is 0.229. The number of aliphatic hydroxyl groups excluding tert-OH is 2. The summed E-state index contributed by atoms with van der Waals surface area (Å²) in [5.74, 6) is -3.50. The van der Waals surface area contributed by atoms with Crippen molar-refractivity contribution in [2.24, 2.45) is 0 Å². The minimum atomic E-state index is -4.25. The first-order chi connectivity index (χ1) is 18.5. The standard InChI is InChI=1S/C28H42FNO8S/c1-3-5-6-7-8-9-10-11-20-16-21(29)12-13-23(20)30-39(35,36)24-14-15-28(17-22(24)26(33)34)37-25(18-31)27(4-2,19-32)38-28/h12-13,16-17,24-25,30-32H,3-11,14-15,18-19H2,1-2H3,(H,33,34)/t24?,25-,27-,28?/m0/s1. The zero-order valence-electron chi connectivity index (χ0n) is 22.8. The van der Waals surface area contributed by atoms with Crippen molar-refractivity contribution in [3.05, 3.63) is 41.2 Å². The molecule has 1 aromatic carbocycles. The lowest BCUT2D eigenvalue weighted by atomic mass is 9.93. The monoisotopic (exact) mass is 571 g/mol. The Morgan fingerprint density at radius 2 is 1.82 bits per heavy atom. The number of halogens is 1. The number of unbranched alkanes of at least 4 members (excludes halogenated alkanes) is 6. The molecule has 220 valence electrons. The van der Waals surface area contributed by atoms with Gasteiger partial charge in [-0.25, -0.2) is 17.6 Å². The molecule has 1 spiro atoms. The molecule has 0 aromatic heterocycles. The average molecular weight is 572 g/mol. The average Bonchev–Trinajstić information content (AvgIpc) is 3.22. The van der Waals surface area contributed by atoms with E-state index in [9.17, 15) is 32.9 Å². The second-order valence-electron chi connectivity index (χ2n) is 10.5. The maximum atomic E-state index is 14.0. The lowest BCUT2D eigenvalue weighted by Crippen LogP contribution is -2.46. The van der Waals surface area contributed by atoms with Gasteiger partial charge in [0.25, 0.3) is 0 Å². The van der Waals surface area contributed by atoms with Crippen molar-refractivity contribution in [2.75, 3.05) is 17.9 Å². The Morgan fingerprint density at radius 1 is 1.13 bits per heavy atom. The van der Waals surface area contributed by atoms with Gasteiger partial charge in [0.1, 0.15) is 22.8 Å². The molecule has 0 radical (unpaired) electrons. The molecular formula is C28H42FNO8S. The number of aliphatic carboxylic acids is 1. The highest BCUT2D eigenvalue weighted by Crippen LogP contribution is 2.46. The maximum absolute atomic E-state index is 14.0. The van der Waals surface area contributed by atoms with Crippen LogP contribution >= 0.6 is 0 Å². The molecule has 1 aliphatic heterocycles. The highest BCUT2D eigenvalue weighted by atomic mass is 32.2. The Bertz CT molecular complexity index is 1120. The molecule has 2 unspecified atom stereocenters. The number of carbonyl (C=O) groups is 1. The van der Waals surface area contributed by atoms with E-state index in [1.54, 1.807) is 6.92 Å². The molecule has 11 heteroatoms. The maximum Gasteiger partial charge on any atom is 0.332 e. The zero-order valence-corrected chi connectivity index (χ0v) is 23.6. The van der Waals surface area contributed by atoms with Gasteiger partial charge < -0.3 is 24.8 Å². The third kappa shape index (κ3) is 7.38. The fraction of sp³-hybridized carbons (Fsp3) is 0.679. The van der Waals surface area contributed by atoms with Crippen molar-refractivity contribution in [2.45, 2.75) is 107 Å². The molecule has 9 nitrogen and oxygen atoms in total. The van der Waals surface area contributed by atoms with Crippen molar-refractivity contribution in [1.29, 1.82) is 0 Å². The first kappa shape index (κ1) is 31.5. The number of aliphatic hydroxyl groups is 2. The van der Waals surface area contributed by atoms with Crippen LogP contribution in [0.2, 0.25) is 0 Å². The first-order valence-electron chi connectivity index (χ1n) is 13.9. The van der Waals surface area contributed by atoms with Gasteiger partial charge in [0.15, 0.2) is 5.79 Å². The summed E-state index contributed by atoms with van der Waals surface area (Å²) in [6, 6.07) is 3.85. The third-order valence-electron chi connectivity index (χ3n) is 7.80. The predicted octanol–water partition coefficient (Wildman–Crippen LogP) is 4.28. The Balaban J connectivity index is 1.79. The Labute approximate surface area is 230 Å². The van der Waals surface area contributed by atoms with Crippen LogP contribution in [-0.4, -0.2) is 65.7 Å². The number of aryl methyl sites for hydroxylation is 1. The largest absolute Gasteiger partial charge is 0.478 e. The predicted molar refractivity (Wildman–Crippen MR) is 145 cm³/mol. The molecule has 0 amide bonds. The smallest absolute Gasteiger partial charge is 0.332 e. The highest BCUT2D eigenvalue weighted by molar-refractivity contribution is 7.93. The number of nitrogens with one attached hydrogen (secondary N) is 1. The molecule has 0 saturated carbocycles. The van der Waals surface area contributed by atoms with Gasteiger partial charge in [-0.3, -0.25) is 4.72 Å². The molecular weight excluding hydrogens is 529 g/mol. The summed E-state index contributed by atoms with van der Waals surface area (Å²) in [6.07, 6.45) is 8.36. The summed E-state index contributed by atoms with van der Waals surface area (Å²) in [4.78, 5) is 12.2. The molecule has 4 atom stereocenters. The number of benzene rings is 1. The molecule has 2 aliphatic rings. The SMILES string of the molecule is CCCCCCCCCc1cc(F)ccc1NS(=O)(=O)C1CCC2(C=C1C(=O)O)O[C@@H](CO)[C@](CC)(CO)O2. The van der Waals surface area contributed by atoms with Crippen molar-refractivity contribution in [3.63, 3.8) is 0 Å². The van der Waals surface area contributed by atoms with Crippen LogP contribution in [0.25, 0.3) is 0 Å². The van der Waals surface area contributed by atoms with Gasteiger partial charge in [0.2, 0.25) is 10.0 Å². The summed E-state index contributed by atoms with van der Waals surface area (Å²) in [7, 11) is -4.25. The van der Waals surface area contributed by atoms with Gasteiger partial charge in [-0.15, -0.1) is 0 Å². The van der Waals surface area contributed by atoms with Gasteiger partial charge in [0.05, 0.1) is 24.5 Å². The Morgan fingerprint density at radius 3 is 2.41 bits per heavy atom. The fourth-order valence-electron chi connectivity index (χ4n) is 5.48. The molecule has 1 aromatic rings. The van der Waals surface area contributed by atoms with Crippen LogP contribution in [0, 0.1) is 5.82 Å². The molecule has 4 N–H and O–H groups in total. The molecule has 1 fully saturated rings. The van der Waals surface area contributed by atoms with Crippen LogP contribution in [0.3, 0.4) is 0 Å². The van der Waals surface area contributed by atoms with Gasteiger partial charge in [-0.05, 0) is 55.5 Å². The van der Waals surface area contributed by atoms with Crippen LogP contribution in [0.1, 0.15) is 83.6 Å². The fourth-order valence-corrected chi connectivity index (χ4v) is 7.06. The zero-order chi connectivity index (χ0) is 28.7. The number of carboxylic acids is 1. The van der Waals surface area contributed by atoms with Crippen LogP contribution in [0.4, 0.5) is 10.1 Å². The van der Waals surface area contributed by atoms with Gasteiger partial charge in [-0.2, -0.15) is 0 Å². The number of rotatable bonds is 15. The lowest BCUT2D eigenvalue weighted by Gasteiger charge is -2.34. The summed E-state index contributed by atoms with van der Waals surface area (Å²) < 4.78 is 55.4.